The van der Waals surface area contributed by atoms with Gasteiger partial charge in [0.05, 0.1) is 15.6 Å². The van der Waals surface area contributed by atoms with Crippen molar-refractivity contribution < 1.29 is 0 Å². The van der Waals surface area contributed by atoms with Gasteiger partial charge in [0.15, 0.2) is 4.96 Å². The average Bonchev–Trinajstić information content (AvgIpc) is 2.98. The van der Waals surface area contributed by atoms with E-state index < -0.39 is 0 Å². The molecule has 114 valence electrons. The van der Waals surface area contributed by atoms with Crippen molar-refractivity contribution in [3.8, 4) is 0 Å². The van der Waals surface area contributed by atoms with E-state index in [0.717, 1.165) is 37.2 Å². The van der Waals surface area contributed by atoms with Crippen molar-refractivity contribution >= 4 is 49.3 Å². The van der Waals surface area contributed by atoms with Gasteiger partial charge in [-0.1, -0.05) is 45.5 Å². The Morgan fingerprint density at radius 1 is 1.22 bits per heavy atom. The highest BCUT2D eigenvalue weighted by molar-refractivity contribution is 9.10. The third-order valence-corrected chi connectivity index (χ3v) is 5.29. The van der Waals surface area contributed by atoms with Gasteiger partial charge in [0.1, 0.15) is 0 Å². The van der Waals surface area contributed by atoms with E-state index in [2.05, 4.69) is 27.0 Å². The highest BCUT2D eigenvalue weighted by atomic mass is 79.9. The van der Waals surface area contributed by atoms with E-state index in [1.165, 1.54) is 11.3 Å². The zero-order valence-corrected chi connectivity index (χ0v) is 15.0. The number of fused-ring (bicyclic) bond motifs is 3. The lowest BCUT2D eigenvalue weighted by Crippen LogP contribution is -2.22. The van der Waals surface area contributed by atoms with Gasteiger partial charge in [-0.2, -0.15) is 0 Å². The molecule has 0 aliphatic carbocycles. The maximum Gasteiger partial charge on any atom is 0.274 e. The SMILES string of the molecule is Cc1cc(C)c2nc3s/c(=C\c4cccc(Br)c4)c(=O)n3c2c1. The van der Waals surface area contributed by atoms with E-state index in [0.29, 0.717) is 4.53 Å². The molecule has 4 aromatic rings. The van der Waals surface area contributed by atoms with Crippen LogP contribution < -0.4 is 10.1 Å². The van der Waals surface area contributed by atoms with Crippen LogP contribution in [0.4, 0.5) is 0 Å². The molecule has 2 aromatic heterocycles. The van der Waals surface area contributed by atoms with Crippen LogP contribution in [0.2, 0.25) is 0 Å². The van der Waals surface area contributed by atoms with Crippen LogP contribution in [0, 0.1) is 13.8 Å². The van der Waals surface area contributed by atoms with Crippen LogP contribution in [0.1, 0.15) is 16.7 Å². The molecule has 0 unspecified atom stereocenters. The number of nitrogens with zero attached hydrogens (tertiary/aromatic N) is 2. The van der Waals surface area contributed by atoms with E-state index in [1.54, 1.807) is 4.40 Å². The number of hydrogen-bond donors (Lipinski definition) is 0. The van der Waals surface area contributed by atoms with Crippen molar-refractivity contribution in [3.05, 3.63) is 72.4 Å². The lowest BCUT2D eigenvalue weighted by Gasteiger charge is -1.97. The van der Waals surface area contributed by atoms with Crippen molar-refractivity contribution in [2.24, 2.45) is 0 Å². The molecule has 23 heavy (non-hydrogen) atoms. The van der Waals surface area contributed by atoms with Crippen LogP contribution in [-0.4, -0.2) is 9.38 Å². The van der Waals surface area contributed by atoms with Gasteiger partial charge >= 0.3 is 0 Å². The summed E-state index contributed by atoms with van der Waals surface area (Å²) in [7, 11) is 0. The second-order valence-electron chi connectivity index (χ2n) is 5.65. The first-order valence-corrected chi connectivity index (χ1v) is 8.83. The number of aromatic nitrogens is 2. The van der Waals surface area contributed by atoms with Crippen LogP contribution in [0.3, 0.4) is 0 Å². The Morgan fingerprint density at radius 3 is 2.83 bits per heavy atom. The predicted molar refractivity (Wildman–Crippen MR) is 99.2 cm³/mol. The third-order valence-electron chi connectivity index (χ3n) is 3.83. The number of halogens is 1. The number of rotatable bonds is 1. The first-order chi connectivity index (χ1) is 11.0. The van der Waals surface area contributed by atoms with Crippen LogP contribution in [0.25, 0.3) is 22.1 Å². The van der Waals surface area contributed by atoms with E-state index in [9.17, 15) is 4.79 Å². The highest BCUT2D eigenvalue weighted by Gasteiger charge is 2.13. The van der Waals surface area contributed by atoms with Gasteiger partial charge in [0, 0.05) is 4.47 Å². The third kappa shape index (κ3) is 2.40. The van der Waals surface area contributed by atoms with Gasteiger partial charge < -0.3 is 0 Å². The van der Waals surface area contributed by atoms with E-state index in [-0.39, 0.29) is 5.56 Å². The smallest absolute Gasteiger partial charge is 0.267 e. The molecule has 0 saturated carbocycles. The summed E-state index contributed by atoms with van der Waals surface area (Å²) in [5.74, 6) is 0. The summed E-state index contributed by atoms with van der Waals surface area (Å²) in [6.07, 6.45) is 1.92. The minimum atomic E-state index is -0.00234. The number of imidazole rings is 1. The molecule has 0 amide bonds. The van der Waals surface area contributed by atoms with Gasteiger partial charge in [-0.25, -0.2) is 9.38 Å². The molecule has 0 aliphatic rings. The Hall–Kier alpha value is -1.98. The zero-order chi connectivity index (χ0) is 16.1. The van der Waals surface area contributed by atoms with Crippen LogP contribution in [0.5, 0.6) is 0 Å². The Balaban J connectivity index is 2.04. The molecular formula is C18H13BrN2OS. The van der Waals surface area contributed by atoms with Crippen molar-refractivity contribution in [2.45, 2.75) is 13.8 Å². The number of thiazole rings is 1. The molecule has 0 fully saturated rings. The van der Waals surface area contributed by atoms with E-state index >= 15 is 0 Å². The predicted octanol–water partition coefficient (Wildman–Crippen LogP) is 3.84. The zero-order valence-electron chi connectivity index (χ0n) is 12.6. The molecule has 2 heterocycles. The van der Waals surface area contributed by atoms with Gasteiger partial charge in [-0.15, -0.1) is 0 Å². The second-order valence-corrected chi connectivity index (χ2v) is 7.57. The van der Waals surface area contributed by atoms with Crippen LogP contribution >= 0.6 is 27.3 Å². The summed E-state index contributed by atoms with van der Waals surface area (Å²) in [5, 5.41) is 0. The minimum Gasteiger partial charge on any atom is -0.267 e. The Morgan fingerprint density at radius 2 is 2.04 bits per heavy atom. The molecule has 0 atom stereocenters. The molecule has 0 saturated heterocycles. The second kappa shape index (κ2) is 5.28. The summed E-state index contributed by atoms with van der Waals surface area (Å²) in [6, 6.07) is 12.0. The summed E-state index contributed by atoms with van der Waals surface area (Å²) in [5.41, 5.74) is 5.04. The van der Waals surface area contributed by atoms with Crippen molar-refractivity contribution in [1.82, 2.24) is 9.38 Å². The maximum atomic E-state index is 12.8. The van der Waals surface area contributed by atoms with E-state index in [4.69, 9.17) is 0 Å². The number of aryl methyl sites for hydroxylation is 2. The Labute approximate surface area is 145 Å². The lowest BCUT2D eigenvalue weighted by molar-refractivity contribution is 1.18. The quantitative estimate of drug-likeness (QED) is 0.499. The van der Waals surface area contributed by atoms with Gasteiger partial charge in [0.2, 0.25) is 0 Å². The molecule has 0 radical (unpaired) electrons. The van der Waals surface area contributed by atoms with Gasteiger partial charge in [-0.3, -0.25) is 4.79 Å². The standard InChI is InChI=1S/C18H13BrN2OS/c1-10-6-11(2)16-14(7-10)21-17(22)15(23-18(21)20-16)9-12-4-3-5-13(19)8-12/h3-9H,1-2H3/b15-9-. The summed E-state index contributed by atoms with van der Waals surface area (Å²) in [4.78, 5) is 18.2. The van der Waals surface area contributed by atoms with Crippen LogP contribution in [-0.2, 0) is 0 Å². The number of hydrogen-bond acceptors (Lipinski definition) is 3. The van der Waals surface area contributed by atoms with E-state index in [1.807, 2.05) is 50.3 Å². The monoisotopic (exact) mass is 384 g/mol. The maximum absolute atomic E-state index is 12.8. The first-order valence-electron chi connectivity index (χ1n) is 7.22. The average molecular weight is 385 g/mol. The molecule has 2 aromatic carbocycles. The molecule has 0 aliphatic heterocycles. The Bertz CT molecular complexity index is 1170. The molecule has 5 heteroatoms. The fourth-order valence-electron chi connectivity index (χ4n) is 2.86. The molecule has 0 spiro atoms. The minimum absolute atomic E-state index is 0.00234. The summed E-state index contributed by atoms with van der Waals surface area (Å²) >= 11 is 4.89. The normalized spacial score (nSPS) is 12.6. The van der Waals surface area contributed by atoms with Crippen LogP contribution in [0.15, 0.2) is 45.7 Å². The number of benzene rings is 2. The first kappa shape index (κ1) is 14.6. The van der Waals surface area contributed by atoms with Crippen molar-refractivity contribution in [3.63, 3.8) is 0 Å². The molecular weight excluding hydrogens is 372 g/mol. The van der Waals surface area contributed by atoms with Crippen molar-refractivity contribution in [1.29, 1.82) is 0 Å². The van der Waals surface area contributed by atoms with Gasteiger partial charge in [-0.05, 0) is 54.8 Å². The van der Waals surface area contributed by atoms with Crippen molar-refractivity contribution in [2.75, 3.05) is 0 Å². The summed E-state index contributed by atoms with van der Waals surface area (Å²) in [6.45, 7) is 4.07. The Kier molecular flexibility index (Phi) is 3.36. The highest BCUT2D eigenvalue weighted by Crippen LogP contribution is 2.21. The molecule has 0 N–H and O–H groups in total. The summed E-state index contributed by atoms with van der Waals surface area (Å²) < 4.78 is 3.42. The largest absolute Gasteiger partial charge is 0.274 e. The lowest BCUT2D eigenvalue weighted by atomic mass is 10.1. The van der Waals surface area contributed by atoms with Gasteiger partial charge in [0.25, 0.3) is 5.56 Å². The topological polar surface area (TPSA) is 34.4 Å². The molecule has 4 rings (SSSR count). The fraction of sp³-hybridized carbons (Fsp3) is 0.111. The molecule has 3 nitrogen and oxygen atoms in total. The molecule has 0 bridgehead atoms. The fourth-order valence-corrected chi connectivity index (χ4v) is 4.25.